The molecule has 0 spiro atoms. The van der Waals surface area contributed by atoms with Crippen molar-refractivity contribution in [3.05, 3.63) is 35.5 Å². The molecule has 0 radical (unpaired) electrons. The number of aromatic nitrogens is 3. The maximum absolute atomic E-state index is 5.08. The molecule has 0 amide bonds. The van der Waals surface area contributed by atoms with E-state index in [0.717, 1.165) is 11.3 Å². The largest absolute Gasteiger partial charge is 0.495 e. The van der Waals surface area contributed by atoms with Crippen LogP contribution in [0.25, 0.3) is 11.3 Å². The lowest BCUT2D eigenvalue weighted by atomic mass is 10.2. The van der Waals surface area contributed by atoms with E-state index in [4.69, 9.17) is 17.0 Å². The predicted molar refractivity (Wildman–Crippen MR) is 59.2 cm³/mol. The molecule has 0 atom stereocenters. The summed E-state index contributed by atoms with van der Waals surface area (Å²) in [5.41, 5.74) is 1.72. The first-order chi connectivity index (χ1) is 7.29. The Labute approximate surface area is 92.0 Å². The van der Waals surface area contributed by atoms with Gasteiger partial charge in [-0.2, -0.15) is 0 Å². The third kappa shape index (κ3) is 2.19. The van der Waals surface area contributed by atoms with Gasteiger partial charge < -0.3 is 9.72 Å². The summed E-state index contributed by atoms with van der Waals surface area (Å²) in [6, 6.07) is 1.87. The van der Waals surface area contributed by atoms with Crippen molar-refractivity contribution in [2.24, 2.45) is 0 Å². The third-order valence-electron chi connectivity index (χ3n) is 1.91. The molecular formula is C10H9N3OS. The molecule has 0 saturated carbocycles. The second kappa shape index (κ2) is 4.18. The number of H-pyrrole nitrogens is 1. The summed E-state index contributed by atoms with van der Waals surface area (Å²) in [6.07, 6.45) is 6.66. The van der Waals surface area contributed by atoms with Crippen molar-refractivity contribution in [1.82, 2.24) is 15.0 Å². The van der Waals surface area contributed by atoms with Crippen LogP contribution in [-0.4, -0.2) is 22.1 Å². The molecule has 2 rings (SSSR count). The molecule has 1 N–H and O–H groups in total. The summed E-state index contributed by atoms with van der Waals surface area (Å²) in [7, 11) is 1.60. The van der Waals surface area contributed by atoms with E-state index in [2.05, 4.69) is 15.0 Å². The maximum atomic E-state index is 5.08. The predicted octanol–water partition coefficient (Wildman–Crippen LogP) is 2.21. The second-order valence-electron chi connectivity index (χ2n) is 2.92. The zero-order chi connectivity index (χ0) is 10.7. The maximum Gasteiger partial charge on any atom is 0.137 e. The average molecular weight is 219 g/mol. The van der Waals surface area contributed by atoms with Crippen molar-refractivity contribution < 1.29 is 4.74 Å². The lowest BCUT2D eigenvalue weighted by Gasteiger charge is -2.03. The van der Waals surface area contributed by atoms with E-state index in [9.17, 15) is 0 Å². The van der Waals surface area contributed by atoms with Crippen LogP contribution in [-0.2, 0) is 0 Å². The van der Waals surface area contributed by atoms with Crippen LogP contribution in [0.2, 0.25) is 0 Å². The molecule has 0 unspecified atom stereocenters. The topological polar surface area (TPSA) is 50.8 Å². The van der Waals surface area contributed by atoms with Gasteiger partial charge in [-0.15, -0.1) is 0 Å². The molecule has 4 nitrogen and oxygen atoms in total. The van der Waals surface area contributed by atoms with Crippen LogP contribution >= 0.6 is 12.2 Å². The number of rotatable bonds is 2. The highest BCUT2D eigenvalue weighted by atomic mass is 32.1. The van der Waals surface area contributed by atoms with Gasteiger partial charge >= 0.3 is 0 Å². The van der Waals surface area contributed by atoms with E-state index in [0.29, 0.717) is 10.4 Å². The zero-order valence-electron chi connectivity index (χ0n) is 8.10. The first-order valence-electron chi connectivity index (χ1n) is 4.33. The van der Waals surface area contributed by atoms with Crippen molar-refractivity contribution in [3.8, 4) is 17.0 Å². The molecule has 0 saturated heterocycles. The number of hydrogen-bond donors (Lipinski definition) is 1. The SMILES string of the molecule is COc1cncc(-c2cncc(=S)[nH]2)c1. The fourth-order valence-corrected chi connectivity index (χ4v) is 1.37. The minimum Gasteiger partial charge on any atom is -0.495 e. The minimum atomic E-state index is 0.593. The van der Waals surface area contributed by atoms with Gasteiger partial charge in [0.15, 0.2) is 0 Å². The molecule has 0 aromatic carbocycles. The summed E-state index contributed by atoms with van der Waals surface area (Å²) < 4.78 is 5.68. The van der Waals surface area contributed by atoms with Crippen molar-refractivity contribution in [1.29, 1.82) is 0 Å². The van der Waals surface area contributed by atoms with Crippen molar-refractivity contribution in [2.45, 2.75) is 0 Å². The molecule has 0 aliphatic heterocycles. The van der Waals surface area contributed by atoms with E-state index in [-0.39, 0.29) is 0 Å². The standard InChI is InChI=1S/C10H9N3OS/c1-14-8-2-7(3-11-4-8)9-5-12-6-10(15)13-9/h2-6H,1H3,(H,13,15). The van der Waals surface area contributed by atoms with Crippen LogP contribution in [0.4, 0.5) is 0 Å². The van der Waals surface area contributed by atoms with Gasteiger partial charge in [-0.05, 0) is 6.07 Å². The van der Waals surface area contributed by atoms with Crippen LogP contribution in [0, 0.1) is 4.64 Å². The summed E-state index contributed by atoms with van der Waals surface area (Å²) in [5.74, 6) is 0.704. The molecule has 15 heavy (non-hydrogen) atoms. The summed E-state index contributed by atoms with van der Waals surface area (Å²) in [6.45, 7) is 0. The average Bonchev–Trinajstić information content (AvgIpc) is 2.29. The lowest BCUT2D eigenvalue weighted by Crippen LogP contribution is -1.89. The van der Waals surface area contributed by atoms with E-state index >= 15 is 0 Å². The van der Waals surface area contributed by atoms with Gasteiger partial charge in [-0.1, -0.05) is 12.2 Å². The Kier molecular flexibility index (Phi) is 2.73. The second-order valence-corrected chi connectivity index (χ2v) is 3.36. The number of hydrogen-bond acceptors (Lipinski definition) is 4. The molecule has 0 fully saturated rings. The molecule has 76 valence electrons. The van der Waals surface area contributed by atoms with E-state index in [1.165, 1.54) is 0 Å². The summed E-state index contributed by atoms with van der Waals surface area (Å²) in [4.78, 5) is 11.1. The number of methoxy groups -OCH3 is 1. The summed E-state index contributed by atoms with van der Waals surface area (Å²) in [5, 5.41) is 0. The van der Waals surface area contributed by atoms with E-state index in [1.807, 2.05) is 6.07 Å². The Balaban J connectivity index is 2.49. The van der Waals surface area contributed by atoms with Crippen LogP contribution in [0.5, 0.6) is 5.75 Å². The van der Waals surface area contributed by atoms with E-state index in [1.54, 1.807) is 31.9 Å². The first-order valence-corrected chi connectivity index (χ1v) is 4.74. The number of ether oxygens (including phenoxy) is 1. The highest BCUT2D eigenvalue weighted by Gasteiger charge is 2.00. The minimum absolute atomic E-state index is 0.593. The molecule has 0 aliphatic carbocycles. The number of aromatic amines is 1. The van der Waals surface area contributed by atoms with Crippen LogP contribution in [0.3, 0.4) is 0 Å². The molecular weight excluding hydrogens is 210 g/mol. The summed E-state index contributed by atoms with van der Waals surface area (Å²) >= 11 is 4.99. The van der Waals surface area contributed by atoms with Gasteiger partial charge in [0.2, 0.25) is 0 Å². The monoisotopic (exact) mass is 219 g/mol. The van der Waals surface area contributed by atoms with Crippen molar-refractivity contribution >= 4 is 12.2 Å². The van der Waals surface area contributed by atoms with Gasteiger partial charge in [0, 0.05) is 11.8 Å². The first kappa shape index (κ1) is 9.79. The highest BCUT2D eigenvalue weighted by Crippen LogP contribution is 2.19. The lowest BCUT2D eigenvalue weighted by molar-refractivity contribution is 0.413. The Bertz CT molecular complexity index is 524. The molecule has 2 heterocycles. The van der Waals surface area contributed by atoms with Crippen molar-refractivity contribution in [3.63, 3.8) is 0 Å². The van der Waals surface area contributed by atoms with Gasteiger partial charge in [0.25, 0.3) is 0 Å². The molecule has 0 aliphatic rings. The molecule has 2 aromatic rings. The third-order valence-corrected chi connectivity index (χ3v) is 2.12. The zero-order valence-corrected chi connectivity index (χ0v) is 8.91. The van der Waals surface area contributed by atoms with Gasteiger partial charge in [-0.3, -0.25) is 9.97 Å². The Morgan fingerprint density at radius 3 is 2.73 bits per heavy atom. The smallest absolute Gasteiger partial charge is 0.137 e. The van der Waals surface area contributed by atoms with Crippen LogP contribution in [0.1, 0.15) is 0 Å². The molecule has 5 heteroatoms. The fourth-order valence-electron chi connectivity index (χ4n) is 1.20. The quantitative estimate of drug-likeness (QED) is 0.787. The number of nitrogens with zero attached hydrogens (tertiary/aromatic N) is 2. The number of nitrogens with one attached hydrogen (secondary N) is 1. The number of pyridine rings is 1. The Morgan fingerprint density at radius 1 is 1.20 bits per heavy atom. The molecule has 0 bridgehead atoms. The molecule has 2 aromatic heterocycles. The van der Waals surface area contributed by atoms with Crippen LogP contribution < -0.4 is 4.74 Å². The van der Waals surface area contributed by atoms with Crippen molar-refractivity contribution in [2.75, 3.05) is 7.11 Å². The van der Waals surface area contributed by atoms with Gasteiger partial charge in [-0.25, -0.2) is 0 Å². The highest BCUT2D eigenvalue weighted by molar-refractivity contribution is 7.71. The van der Waals surface area contributed by atoms with Gasteiger partial charge in [0.05, 0.1) is 31.4 Å². The Hall–Kier alpha value is -1.75. The van der Waals surface area contributed by atoms with Gasteiger partial charge in [0.1, 0.15) is 10.4 Å². The fraction of sp³-hybridized carbons (Fsp3) is 0.100. The normalized spacial score (nSPS) is 9.93. The Morgan fingerprint density at radius 2 is 2.00 bits per heavy atom. The van der Waals surface area contributed by atoms with E-state index < -0.39 is 0 Å². The van der Waals surface area contributed by atoms with Crippen LogP contribution in [0.15, 0.2) is 30.9 Å².